The van der Waals surface area contributed by atoms with Gasteiger partial charge in [0.05, 0.1) is 10.6 Å². The fourth-order valence-electron chi connectivity index (χ4n) is 4.04. The van der Waals surface area contributed by atoms with Crippen molar-refractivity contribution in [2.45, 2.75) is 51.6 Å². The molecule has 3 rings (SSSR count). The second-order valence-corrected chi connectivity index (χ2v) is 12.0. The van der Waals surface area contributed by atoms with Gasteiger partial charge in [-0.2, -0.15) is 0 Å². The first-order valence-corrected chi connectivity index (χ1v) is 14.8. The first kappa shape index (κ1) is 30.5. The van der Waals surface area contributed by atoms with Crippen molar-refractivity contribution in [3.05, 3.63) is 93.5 Å². The zero-order valence-electron chi connectivity index (χ0n) is 22.4. The van der Waals surface area contributed by atoms with E-state index in [1.807, 2.05) is 13.8 Å². The molecule has 0 spiro atoms. The Bertz CT molecular complexity index is 1430. The number of aryl methyl sites for hydroxylation is 2. The average molecular weight is 591 g/mol. The molecule has 7 nitrogen and oxygen atoms in total. The molecule has 0 bridgehead atoms. The van der Waals surface area contributed by atoms with E-state index in [4.69, 9.17) is 23.2 Å². The van der Waals surface area contributed by atoms with Crippen LogP contribution in [-0.2, 0) is 26.2 Å². The van der Waals surface area contributed by atoms with Gasteiger partial charge in [0.25, 0.3) is 10.0 Å². The molecule has 0 radical (unpaired) electrons. The molecule has 0 aliphatic carbocycles. The number of nitrogens with one attached hydrogen (secondary N) is 1. The lowest BCUT2D eigenvalue weighted by molar-refractivity contribution is -0.139. The number of amides is 2. The highest BCUT2D eigenvalue weighted by Gasteiger charge is 2.33. The fraction of sp³-hybridized carbons (Fsp3) is 0.310. The van der Waals surface area contributed by atoms with Gasteiger partial charge in [0.2, 0.25) is 11.8 Å². The van der Waals surface area contributed by atoms with Gasteiger partial charge in [-0.1, -0.05) is 66.0 Å². The van der Waals surface area contributed by atoms with Crippen molar-refractivity contribution in [3.8, 4) is 0 Å². The van der Waals surface area contributed by atoms with Gasteiger partial charge < -0.3 is 10.2 Å². The lowest BCUT2D eigenvalue weighted by atomic mass is 10.1. The van der Waals surface area contributed by atoms with Crippen molar-refractivity contribution in [2.24, 2.45) is 0 Å². The zero-order chi connectivity index (χ0) is 28.7. The van der Waals surface area contributed by atoms with Crippen molar-refractivity contribution >= 4 is 50.7 Å². The molecule has 2 amide bonds. The van der Waals surface area contributed by atoms with Crippen LogP contribution < -0.4 is 9.62 Å². The van der Waals surface area contributed by atoms with Crippen LogP contribution in [0.4, 0.5) is 5.69 Å². The van der Waals surface area contributed by atoms with Crippen LogP contribution in [0.5, 0.6) is 0 Å². The molecule has 0 aliphatic rings. The number of rotatable bonds is 11. The van der Waals surface area contributed by atoms with Gasteiger partial charge >= 0.3 is 0 Å². The van der Waals surface area contributed by atoms with E-state index in [1.165, 1.54) is 17.0 Å². The van der Waals surface area contributed by atoms with Crippen molar-refractivity contribution in [1.29, 1.82) is 0 Å². The molecule has 0 saturated carbocycles. The summed E-state index contributed by atoms with van der Waals surface area (Å²) < 4.78 is 28.9. The van der Waals surface area contributed by atoms with Crippen LogP contribution in [0.15, 0.2) is 71.6 Å². The largest absolute Gasteiger partial charge is 0.354 e. The number of halogens is 2. The maximum Gasteiger partial charge on any atom is 0.264 e. The highest BCUT2D eigenvalue weighted by Crippen LogP contribution is 2.30. The average Bonchev–Trinajstić information content (AvgIpc) is 2.90. The Hall–Kier alpha value is -3.07. The van der Waals surface area contributed by atoms with Crippen molar-refractivity contribution in [3.63, 3.8) is 0 Å². The quantitative estimate of drug-likeness (QED) is 0.308. The van der Waals surface area contributed by atoms with Gasteiger partial charge in [0.1, 0.15) is 12.6 Å². The Morgan fingerprint density at radius 2 is 1.64 bits per heavy atom. The molecule has 3 aromatic rings. The summed E-state index contributed by atoms with van der Waals surface area (Å²) in [6.07, 6.45) is 0.731. The molecule has 0 fully saturated rings. The van der Waals surface area contributed by atoms with Crippen molar-refractivity contribution in [1.82, 2.24) is 10.2 Å². The first-order valence-electron chi connectivity index (χ1n) is 12.6. The van der Waals surface area contributed by atoms with E-state index < -0.39 is 28.5 Å². The number of hydrogen-bond donors (Lipinski definition) is 1. The fourth-order valence-corrected chi connectivity index (χ4v) is 5.94. The molecular weight excluding hydrogens is 557 g/mol. The predicted molar refractivity (Wildman–Crippen MR) is 157 cm³/mol. The molecule has 1 N–H and O–H groups in total. The molecule has 10 heteroatoms. The van der Waals surface area contributed by atoms with Gasteiger partial charge in [0.15, 0.2) is 0 Å². The number of hydrogen-bond acceptors (Lipinski definition) is 4. The number of benzene rings is 3. The topological polar surface area (TPSA) is 86.8 Å². The third kappa shape index (κ3) is 7.53. The zero-order valence-corrected chi connectivity index (χ0v) is 24.8. The van der Waals surface area contributed by atoms with E-state index in [0.29, 0.717) is 33.4 Å². The van der Waals surface area contributed by atoms with Gasteiger partial charge in [-0.3, -0.25) is 13.9 Å². The Labute approximate surface area is 240 Å². The van der Waals surface area contributed by atoms with Gasteiger partial charge in [0, 0.05) is 23.1 Å². The molecule has 1 atom stereocenters. The molecule has 39 heavy (non-hydrogen) atoms. The van der Waals surface area contributed by atoms with Crippen molar-refractivity contribution < 1.29 is 18.0 Å². The second kappa shape index (κ2) is 13.3. The molecule has 0 heterocycles. The summed E-state index contributed by atoms with van der Waals surface area (Å²) >= 11 is 12.5. The lowest BCUT2D eigenvalue weighted by Gasteiger charge is -2.32. The number of carbonyl (C=O) groups excluding carboxylic acids is 2. The van der Waals surface area contributed by atoms with Gasteiger partial charge in [-0.05, 0) is 74.7 Å². The summed E-state index contributed by atoms with van der Waals surface area (Å²) in [7, 11) is -4.16. The van der Waals surface area contributed by atoms with Gasteiger partial charge in [-0.25, -0.2) is 8.42 Å². The van der Waals surface area contributed by atoms with E-state index in [9.17, 15) is 18.0 Å². The molecule has 208 valence electrons. The molecule has 0 unspecified atom stereocenters. The van der Waals surface area contributed by atoms with E-state index in [0.717, 1.165) is 16.3 Å². The van der Waals surface area contributed by atoms with E-state index in [1.54, 1.807) is 68.4 Å². The number of sulfonamides is 1. The smallest absolute Gasteiger partial charge is 0.264 e. The normalized spacial score (nSPS) is 12.1. The summed E-state index contributed by atoms with van der Waals surface area (Å²) in [6.45, 7) is 7.08. The van der Waals surface area contributed by atoms with E-state index in [2.05, 4.69) is 5.32 Å². The maximum absolute atomic E-state index is 13.9. The van der Waals surface area contributed by atoms with Crippen LogP contribution >= 0.6 is 23.2 Å². The molecule has 0 aliphatic heterocycles. The highest BCUT2D eigenvalue weighted by atomic mass is 35.5. The maximum atomic E-state index is 13.9. The Balaban J connectivity index is 2.06. The Morgan fingerprint density at radius 3 is 2.26 bits per heavy atom. The predicted octanol–water partition coefficient (Wildman–Crippen LogP) is 5.75. The molecular formula is C29H33Cl2N3O4S. The van der Waals surface area contributed by atoms with Crippen LogP contribution in [0.25, 0.3) is 0 Å². The van der Waals surface area contributed by atoms with Crippen molar-refractivity contribution in [2.75, 3.05) is 17.4 Å². The Kier molecular flexibility index (Phi) is 10.4. The minimum absolute atomic E-state index is 0.0250. The number of nitrogens with zero attached hydrogens (tertiary/aromatic N) is 2. The monoisotopic (exact) mass is 589 g/mol. The summed E-state index contributed by atoms with van der Waals surface area (Å²) in [5.41, 5.74) is 2.43. The summed E-state index contributed by atoms with van der Waals surface area (Å²) in [5.74, 6) is -0.896. The highest BCUT2D eigenvalue weighted by molar-refractivity contribution is 7.92. The standard InChI is InChI=1S/C29H33Cl2N3O4S/c1-5-16-32-29(36)22(4)33(18-23-8-6-7-9-26(23)31)28(35)19-34(27-15-12-24(30)17-21(27)3)39(37,38)25-13-10-20(2)11-14-25/h6-15,17,22H,5,16,18-19H2,1-4H3,(H,32,36)/t22-/m0/s1. The summed E-state index contributed by atoms with van der Waals surface area (Å²) in [6, 6.07) is 17.4. The van der Waals surface area contributed by atoms with Crippen LogP contribution in [0, 0.1) is 13.8 Å². The Morgan fingerprint density at radius 1 is 0.974 bits per heavy atom. The molecule has 0 saturated heterocycles. The summed E-state index contributed by atoms with van der Waals surface area (Å²) in [4.78, 5) is 28.3. The molecule has 3 aromatic carbocycles. The third-order valence-electron chi connectivity index (χ3n) is 6.33. The number of anilines is 1. The SMILES string of the molecule is CCCNC(=O)[C@H](C)N(Cc1ccccc1Cl)C(=O)CN(c1ccc(Cl)cc1C)S(=O)(=O)c1ccc(C)cc1. The first-order chi connectivity index (χ1) is 18.4. The minimum atomic E-state index is -4.16. The van der Waals surface area contributed by atoms with E-state index in [-0.39, 0.29) is 17.3 Å². The van der Waals surface area contributed by atoms with Crippen LogP contribution in [0.1, 0.15) is 37.0 Å². The molecule has 0 aromatic heterocycles. The second-order valence-electron chi connectivity index (χ2n) is 9.34. The minimum Gasteiger partial charge on any atom is -0.354 e. The third-order valence-corrected chi connectivity index (χ3v) is 8.71. The number of carbonyl (C=O) groups is 2. The van der Waals surface area contributed by atoms with E-state index >= 15 is 0 Å². The van der Waals surface area contributed by atoms with Gasteiger partial charge in [-0.15, -0.1) is 0 Å². The lowest BCUT2D eigenvalue weighted by Crippen LogP contribution is -2.51. The van der Waals surface area contributed by atoms with Crippen LogP contribution in [-0.4, -0.2) is 44.3 Å². The van der Waals surface area contributed by atoms with Crippen LogP contribution in [0.2, 0.25) is 10.0 Å². The van der Waals surface area contributed by atoms with Crippen LogP contribution in [0.3, 0.4) is 0 Å². The summed E-state index contributed by atoms with van der Waals surface area (Å²) in [5, 5.41) is 3.70.